The highest BCUT2D eigenvalue weighted by Crippen LogP contribution is 2.26. The topological polar surface area (TPSA) is 99.2 Å². The summed E-state index contributed by atoms with van der Waals surface area (Å²) >= 11 is 0. The van der Waals surface area contributed by atoms with Crippen LogP contribution < -0.4 is 9.47 Å². The van der Waals surface area contributed by atoms with Gasteiger partial charge in [-0.3, -0.25) is 9.59 Å². The van der Waals surface area contributed by atoms with Gasteiger partial charge in [0.1, 0.15) is 11.5 Å². The molecule has 1 fully saturated rings. The number of Topliss-reactive ketones (excluding diaryl/α,β-unsaturated/α-hetero) is 1. The van der Waals surface area contributed by atoms with Crippen molar-refractivity contribution in [3.05, 3.63) is 54.1 Å². The van der Waals surface area contributed by atoms with E-state index in [0.29, 0.717) is 36.5 Å². The Balaban J connectivity index is 1.52. The molecule has 8 nitrogen and oxygen atoms in total. The molecule has 1 aliphatic rings. The summed E-state index contributed by atoms with van der Waals surface area (Å²) in [5.41, 5.74) is 0.397. The van der Waals surface area contributed by atoms with Gasteiger partial charge in [0.15, 0.2) is 12.4 Å². The number of carbonyl (C=O) groups excluding carboxylic acids is 2. The fourth-order valence-corrected chi connectivity index (χ4v) is 4.96. The molecule has 0 aliphatic carbocycles. The van der Waals surface area contributed by atoms with Crippen molar-refractivity contribution < 1.29 is 32.2 Å². The summed E-state index contributed by atoms with van der Waals surface area (Å²) in [6.45, 7) is 2.41. The Morgan fingerprint density at radius 1 is 1.03 bits per heavy atom. The third-order valence-corrected chi connectivity index (χ3v) is 7.21. The third-order valence-electron chi connectivity index (χ3n) is 5.30. The summed E-state index contributed by atoms with van der Waals surface area (Å²) in [5, 5.41) is 0. The molecule has 0 N–H and O–H groups in total. The van der Waals surface area contributed by atoms with Gasteiger partial charge in [-0.25, -0.2) is 8.42 Å². The van der Waals surface area contributed by atoms with E-state index in [2.05, 4.69) is 0 Å². The molecular formula is C23H27NO7S. The quantitative estimate of drug-likeness (QED) is 0.418. The van der Waals surface area contributed by atoms with Gasteiger partial charge in [0.25, 0.3) is 0 Å². The lowest BCUT2D eigenvalue weighted by Crippen LogP contribution is -2.40. The van der Waals surface area contributed by atoms with Crippen LogP contribution in [0.5, 0.6) is 11.5 Å². The van der Waals surface area contributed by atoms with Crippen LogP contribution in [0.3, 0.4) is 0 Å². The molecule has 172 valence electrons. The van der Waals surface area contributed by atoms with E-state index in [4.69, 9.17) is 14.2 Å². The molecule has 2 aromatic rings. The van der Waals surface area contributed by atoms with Gasteiger partial charge in [0.2, 0.25) is 10.0 Å². The largest absolute Gasteiger partial charge is 0.497 e. The molecule has 32 heavy (non-hydrogen) atoms. The molecule has 0 saturated carbocycles. The minimum absolute atomic E-state index is 0.186. The Morgan fingerprint density at radius 2 is 1.72 bits per heavy atom. The number of rotatable bonds is 9. The van der Waals surface area contributed by atoms with Gasteiger partial charge in [-0.15, -0.1) is 0 Å². The number of hydrogen-bond donors (Lipinski definition) is 0. The van der Waals surface area contributed by atoms with Gasteiger partial charge in [0, 0.05) is 18.7 Å². The highest BCUT2D eigenvalue weighted by Gasteiger charge is 2.33. The van der Waals surface area contributed by atoms with Crippen molar-refractivity contribution in [3.63, 3.8) is 0 Å². The van der Waals surface area contributed by atoms with Crippen molar-refractivity contribution >= 4 is 21.8 Å². The third kappa shape index (κ3) is 5.66. The van der Waals surface area contributed by atoms with Gasteiger partial charge in [-0.2, -0.15) is 4.31 Å². The van der Waals surface area contributed by atoms with E-state index in [1.165, 1.54) is 23.5 Å². The molecule has 2 aromatic carbocycles. The number of ketones is 1. The number of methoxy groups -OCH3 is 1. The van der Waals surface area contributed by atoms with Crippen molar-refractivity contribution in [1.82, 2.24) is 4.31 Å². The molecule has 1 saturated heterocycles. The van der Waals surface area contributed by atoms with E-state index in [1.807, 2.05) is 6.92 Å². The van der Waals surface area contributed by atoms with Crippen LogP contribution in [0.25, 0.3) is 0 Å². The molecule has 0 radical (unpaired) electrons. The molecule has 0 aromatic heterocycles. The monoisotopic (exact) mass is 461 g/mol. The van der Waals surface area contributed by atoms with Crippen LogP contribution in [0.15, 0.2) is 53.4 Å². The fourth-order valence-electron chi connectivity index (χ4n) is 3.49. The second-order valence-corrected chi connectivity index (χ2v) is 9.28. The number of ether oxygens (including phenoxy) is 3. The first kappa shape index (κ1) is 23.7. The van der Waals surface area contributed by atoms with Gasteiger partial charge in [0.05, 0.1) is 24.5 Å². The van der Waals surface area contributed by atoms with Gasteiger partial charge >= 0.3 is 5.97 Å². The molecule has 0 unspecified atom stereocenters. The summed E-state index contributed by atoms with van der Waals surface area (Å²) in [4.78, 5) is 24.9. The average molecular weight is 462 g/mol. The fraction of sp³-hybridized carbons (Fsp3) is 0.391. The summed E-state index contributed by atoms with van der Waals surface area (Å²) in [6, 6.07) is 12.9. The zero-order chi connectivity index (χ0) is 23.1. The van der Waals surface area contributed by atoms with E-state index < -0.39 is 21.9 Å². The van der Waals surface area contributed by atoms with E-state index in [0.717, 1.165) is 0 Å². The predicted octanol–water partition coefficient (Wildman–Crippen LogP) is 2.92. The maximum atomic E-state index is 12.9. The van der Waals surface area contributed by atoms with E-state index >= 15 is 0 Å². The summed E-state index contributed by atoms with van der Waals surface area (Å²) in [6.07, 6.45) is 0.672. The van der Waals surface area contributed by atoms with Crippen LogP contribution in [-0.2, 0) is 19.6 Å². The first-order chi connectivity index (χ1) is 15.3. The Hall–Kier alpha value is -2.91. The number of esters is 1. The predicted molar refractivity (Wildman–Crippen MR) is 117 cm³/mol. The minimum Gasteiger partial charge on any atom is -0.497 e. The zero-order valence-corrected chi connectivity index (χ0v) is 19.0. The SMILES string of the molecule is CCOc1ccc(S(=O)(=O)N2CCC(C(=O)OCC(=O)c3cccc(OC)c3)CC2)cc1. The maximum Gasteiger partial charge on any atom is 0.309 e. The summed E-state index contributed by atoms with van der Waals surface area (Å²) < 4.78 is 42.8. The highest BCUT2D eigenvalue weighted by molar-refractivity contribution is 7.89. The summed E-state index contributed by atoms with van der Waals surface area (Å²) in [7, 11) is -2.15. The van der Waals surface area contributed by atoms with Crippen molar-refractivity contribution in [2.45, 2.75) is 24.7 Å². The van der Waals surface area contributed by atoms with E-state index in [-0.39, 0.29) is 30.4 Å². The highest BCUT2D eigenvalue weighted by atomic mass is 32.2. The van der Waals surface area contributed by atoms with Crippen molar-refractivity contribution in [2.75, 3.05) is 33.4 Å². The average Bonchev–Trinajstić information content (AvgIpc) is 2.83. The standard InChI is InChI=1S/C23H27NO7S/c1-3-30-19-7-9-21(10-8-19)32(27,28)24-13-11-17(12-14-24)23(26)31-16-22(25)18-5-4-6-20(15-18)29-2/h4-10,15,17H,3,11-14,16H2,1-2H3. The zero-order valence-electron chi connectivity index (χ0n) is 18.2. The second kappa shape index (κ2) is 10.6. The van der Waals surface area contributed by atoms with E-state index in [1.54, 1.807) is 36.4 Å². The molecule has 1 aliphatic heterocycles. The molecule has 9 heteroatoms. The molecule has 1 heterocycles. The Morgan fingerprint density at radius 3 is 2.34 bits per heavy atom. The van der Waals surface area contributed by atoms with Crippen LogP contribution in [0.4, 0.5) is 0 Å². The van der Waals surface area contributed by atoms with Crippen molar-refractivity contribution in [1.29, 1.82) is 0 Å². The van der Waals surface area contributed by atoms with Crippen LogP contribution >= 0.6 is 0 Å². The molecule has 3 rings (SSSR count). The lowest BCUT2D eigenvalue weighted by molar-refractivity contribution is -0.148. The lowest BCUT2D eigenvalue weighted by Gasteiger charge is -2.30. The number of benzene rings is 2. The van der Waals surface area contributed by atoms with Crippen LogP contribution in [0.2, 0.25) is 0 Å². The van der Waals surface area contributed by atoms with Crippen molar-refractivity contribution in [3.8, 4) is 11.5 Å². The maximum absolute atomic E-state index is 12.9. The molecular weight excluding hydrogens is 434 g/mol. The van der Waals surface area contributed by atoms with Crippen LogP contribution in [0.1, 0.15) is 30.1 Å². The molecule has 0 amide bonds. The Kier molecular flexibility index (Phi) is 7.87. The number of hydrogen-bond acceptors (Lipinski definition) is 7. The molecule has 0 atom stereocenters. The Bertz CT molecular complexity index is 1040. The normalized spacial score (nSPS) is 15.2. The number of sulfonamides is 1. The van der Waals surface area contributed by atoms with Gasteiger partial charge in [-0.1, -0.05) is 12.1 Å². The van der Waals surface area contributed by atoms with Crippen LogP contribution in [0, 0.1) is 5.92 Å². The second-order valence-electron chi connectivity index (χ2n) is 7.35. The minimum atomic E-state index is -3.65. The lowest BCUT2D eigenvalue weighted by atomic mass is 9.98. The number of carbonyl (C=O) groups is 2. The smallest absolute Gasteiger partial charge is 0.309 e. The van der Waals surface area contributed by atoms with Gasteiger partial charge < -0.3 is 14.2 Å². The van der Waals surface area contributed by atoms with Gasteiger partial charge in [-0.05, 0) is 56.2 Å². The van der Waals surface area contributed by atoms with Crippen LogP contribution in [-0.4, -0.2) is 57.9 Å². The Labute approximate surface area is 188 Å². The number of piperidine rings is 1. The molecule has 0 bridgehead atoms. The first-order valence-corrected chi connectivity index (χ1v) is 11.9. The molecule has 0 spiro atoms. The van der Waals surface area contributed by atoms with E-state index in [9.17, 15) is 18.0 Å². The summed E-state index contributed by atoms with van der Waals surface area (Å²) in [5.74, 6) is -0.105. The van der Waals surface area contributed by atoms with Crippen molar-refractivity contribution in [2.24, 2.45) is 5.92 Å². The number of nitrogens with zero attached hydrogens (tertiary/aromatic N) is 1. The first-order valence-electron chi connectivity index (χ1n) is 10.4.